The van der Waals surface area contributed by atoms with Gasteiger partial charge in [-0.2, -0.15) is 0 Å². The number of carbonyl (C=O) groups excluding carboxylic acids is 1. The van der Waals surface area contributed by atoms with Crippen LogP contribution in [-0.2, 0) is 11.2 Å². The summed E-state index contributed by atoms with van der Waals surface area (Å²) >= 11 is 0. The molecule has 1 fully saturated rings. The molecule has 0 atom stereocenters. The second-order valence-corrected chi connectivity index (χ2v) is 5.63. The number of nitrogens with one attached hydrogen (secondary N) is 2. The Kier molecular flexibility index (Phi) is 4.85. The fourth-order valence-electron chi connectivity index (χ4n) is 3.10. The highest BCUT2D eigenvalue weighted by molar-refractivity contribution is 5.87. The number of hydrogen-bond donors (Lipinski definition) is 3. The zero-order valence-electron chi connectivity index (χ0n) is 11.9. The summed E-state index contributed by atoms with van der Waals surface area (Å²) in [5.41, 5.74) is 7.48. The third kappa shape index (κ3) is 3.19. The molecule has 0 radical (unpaired) electrons. The molecule has 6 heteroatoms. The Morgan fingerprint density at radius 1 is 1.43 bits per heavy atom. The highest BCUT2D eigenvalue weighted by Crippen LogP contribution is 2.28. The number of pyridine rings is 1. The maximum absolute atomic E-state index is 12.3. The maximum Gasteiger partial charge on any atom is 0.224 e. The number of amides is 1. The molecule has 4 N–H and O–H groups in total. The molecule has 1 amide bonds. The summed E-state index contributed by atoms with van der Waals surface area (Å²) in [4.78, 5) is 19.6. The monoisotopic (exact) mass is 308 g/mol. The predicted octanol–water partition coefficient (Wildman–Crippen LogP) is 1.91. The molecule has 3 rings (SSSR count). The van der Waals surface area contributed by atoms with E-state index in [-0.39, 0.29) is 23.9 Å². The van der Waals surface area contributed by atoms with Crippen LogP contribution >= 0.6 is 12.4 Å². The minimum Gasteiger partial charge on any atom is -0.349 e. The van der Waals surface area contributed by atoms with Gasteiger partial charge in [0.05, 0.1) is 12.0 Å². The van der Waals surface area contributed by atoms with Crippen molar-refractivity contribution in [3.05, 3.63) is 30.1 Å². The molecular formula is C15H21ClN4O. The molecule has 0 bridgehead atoms. The summed E-state index contributed by atoms with van der Waals surface area (Å²) in [7, 11) is 0. The lowest BCUT2D eigenvalue weighted by atomic mass is 9.97. The molecule has 5 nitrogen and oxygen atoms in total. The molecule has 21 heavy (non-hydrogen) atoms. The first-order valence-corrected chi connectivity index (χ1v) is 7.14. The number of H-pyrrole nitrogens is 1. The number of carbonyl (C=O) groups is 1. The SMILES string of the molecule is Cl.NCC1(NC(=O)Cc2c[nH]c3ncccc23)CCCC1. The van der Waals surface area contributed by atoms with Gasteiger partial charge in [0.1, 0.15) is 5.65 Å². The molecule has 1 aliphatic carbocycles. The lowest BCUT2D eigenvalue weighted by Crippen LogP contribution is -2.52. The molecule has 1 aliphatic rings. The molecule has 114 valence electrons. The lowest BCUT2D eigenvalue weighted by Gasteiger charge is -2.28. The Morgan fingerprint density at radius 2 is 2.19 bits per heavy atom. The van der Waals surface area contributed by atoms with Gasteiger partial charge in [0.15, 0.2) is 0 Å². The lowest BCUT2D eigenvalue weighted by molar-refractivity contribution is -0.122. The van der Waals surface area contributed by atoms with Gasteiger partial charge in [0.2, 0.25) is 5.91 Å². The van der Waals surface area contributed by atoms with Crippen molar-refractivity contribution in [1.29, 1.82) is 0 Å². The van der Waals surface area contributed by atoms with Crippen LogP contribution in [0.5, 0.6) is 0 Å². The second kappa shape index (κ2) is 6.45. The minimum atomic E-state index is -0.179. The molecule has 0 unspecified atom stereocenters. The number of fused-ring (bicyclic) bond motifs is 1. The van der Waals surface area contributed by atoms with Gasteiger partial charge in [-0.1, -0.05) is 12.8 Å². The fourth-order valence-corrected chi connectivity index (χ4v) is 3.10. The van der Waals surface area contributed by atoms with Gasteiger partial charge in [-0.25, -0.2) is 4.98 Å². The van der Waals surface area contributed by atoms with Crippen LogP contribution in [0.3, 0.4) is 0 Å². The molecule has 0 saturated heterocycles. The van der Waals surface area contributed by atoms with Crippen LogP contribution < -0.4 is 11.1 Å². The van der Waals surface area contributed by atoms with Crippen molar-refractivity contribution in [3.63, 3.8) is 0 Å². The molecule has 0 spiro atoms. The van der Waals surface area contributed by atoms with Gasteiger partial charge >= 0.3 is 0 Å². The summed E-state index contributed by atoms with van der Waals surface area (Å²) < 4.78 is 0. The van der Waals surface area contributed by atoms with Gasteiger partial charge in [-0.05, 0) is 30.5 Å². The van der Waals surface area contributed by atoms with E-state index in [1.807, 2.05) is 18.3 Å². The fraction of sp³-hybridized carbons (Fsp3) is 0.467. The van der Waals surface area contributed by atoms with E-state index in [9.17, 15) is 4.79 Å². The van der Waals surface area contributed by atoms with E-state index in [1.165, 1.54) is 0 Å². The van der Waals surface area contributed by atoms with E-state index in [2.05, 4.69) is 15.3 Å². The number of aromatic amines is 1. The number of aromatic nitrogens is 2. The summed E-state index contributed by atoms with van der Waals surface area (Å²) in [6.07, 6.45) is 8.25. The predicted molar refractivity (Wildman–Crippen MR) is 85.4 cm³/mol. The number of nitrogens with zero attached hydrogens (tertiary/aromatic N) is 1. The molecular weight excluding hydrogens is 288 g/mol. The van der Waals surface area contributed by atoms with Crippen LogP contribution in [0.15, 0.2) is 24.5 Å². The number of halogens is 1. The van der Waals surface area contributed by atoms with Gasteiger partial charge in [0.25, 0.3) is 0 Å². The van der Waals surface area contributed by atoms with Crippen LogP contribution in [0.4, 0.5) is 0 Å². The Hall–Kier alpha value is -1.59. The van der Waals surface area contributed by atoms with Gasteiger partial charge in [-0.15, -0.1) is 12.4 Å². The molecule has 2 aromatic rings. The van der Waals surface area contributed by atoms with Crippen LogP contribution in [0.25, 0.3) is 11.0 Å². The quantitative estimate of drug-likeness (QED) is 0.807. The normalized spacial score (nSPS) is 16.6. The van der Waals surface area contributed by atoms with Crippen molar-refractivity contribution in [2.24, 2.45) is 5.73 Å². The Labute approximate surface area is 130 Å². The second-order valence-electron chi connectivity index (χ2n) is 5.63. The summed E-state index contributed by atoms with van der Waals surface area (Å²) in [6.45, 7) is 0.522. The Morgan fingerprint density at radius 3 is 2.90 bits per heavy atom. The van der Waals surface area contributed by atoms with E-state index in [1.54, 1.807) is 6.20 Å². The van der Waals surface area contributed by atoms with E-state index >= 15 is 0 Å². The smallest absolute Gasteiger partial charge is 0.224 e. The van der Waals surface area contributed by atoms with Crippen LogP contribution in [-0.4, -0.2) is 28.0 Å². The minimum absolute atomic E-state index is 0. The Balaban J connectivity index is 0.00000161. The van der Waals surface area contributed by atoms with Gasteiger partial charge in [-0.3, -0.25) is 4.79 Å². The highest BCUT2D eigenvalue weighted by Gasteiger charge is 2.33. The molecule has 1 saturated carbocycles. The van der Waals surface area contributed by atoms with Gasteiger partial charge in [0, 0.05) is 24.3 Å². The van der Waals surface area contributed by atoms with Crippen LogP contribution in [0.2, 0.25) is 0 Å². The molecule has 2 aromatic heterocycles. The van der Waals surface area contributed by atoms with Crippen molar-refractivity contribution in [2.45, 2.75) is 37.6 Å². The summed E-state index contributed by atoms with van der Waals surface area (Å²) in [5.74, 6) is 0.0436. The van der Waals surface area contributed by atoms with Crippen LogP contribution in [0, 0.1) is 0 Å². The first-order valence-electron chi connectivity index (χ1n) is 7.14. The van der Waals surface area contributed by atoms with Crippen molar-refractivity contribution in [2.75, 3.05) is 6.54 Å². The van der Waals surface area contributed by atoms with Gasteiger partial charge < -0.3 is 16.0 Å². The third-order valence-electron chi connectivity index (χ3n) is 4.24. The number of nitrogens with two attached hydrogens (primary N) is 1. The molecule has 0 aliphatic heterocycles. The maximum atomic E-state index is 12.3. The Bertz CT molecular complexity index is 619. The molecule has 0 aromatic carbocycles. The highest BCUT2D eigenvalue weighted by atomic mass is 35.5. The zero-order valence-corrected chi connectivity index (χ0v) is 12.7. The van der Waals surface area contributed by atoms with Crippen molar-refractivity contribution >= 4 is 29.3 Å². The average Bonchev–Trinajstić information content (AvgIpc) is 3.07. The number of hydrogen-bond acceptors (Lipinski definition) is 3. The largest absolute Gasteiger partial charge is 0.349 e. The topological polar surface area (TPSA) is 83.8 Å². The van der Waals surface area contributed by atoms with E-state index in [0.29, 0.717) is 13.0 Å². The first-order chi connectivity index (χ1) is 9.72. The van der Waals surface area contributed by atoms with Crippen molar-refractivity contribution in [1.82, 2.24) is 15.3 Å². The standard InChI is InChI=1S/C15H20N4O.ClH/c16-10-15(5-1-2-6-15)19-13(20)8-11-9-18-14-12(11)4-3-7-17-14;/h3-4,7,9H,1-2,5-6,8,10,16H2,(H,17,18)(H,19,20);1H. The summed E-state index contributed by atoms with van der Waals surface area (Å²) in [5, 5.41) is 4.16. The summed E-state index contributed by atoms with van der Waals surface area (Å²) in [6, 6.07) is 3.87. The van der Waals surface area contributed by atoms with Crippen molar-refractivity contribution in [3.8, 4) is 0 Å². The van der Waals surface area contributed by atoms with E-state index in [0.717, 1.165) is 42.3 Å². The molecule has 2 heterocycles. The van der Waals surface area contributed by atoms with E-state index in [4.69, 9.17) is 5.73 Å². The van der Waals surface area contributed by atoms with Crippen molar-refractivity contribution < 1.29 is 4.79 Å². The van der Waals surface area contributed by atoms with Crippen LogP contribution in [0.1, 0.15) is 31.2 Å². The first kappa shape index (κ1) is 15.8. The average molecular weight is 309 g/mol. The third-order valence-corrected chi connectivity index (χ3v) is 4.24. The zero-order chi connectivity index (χ0) is 14.0. The number of rotatable bonds is 4. The van der Waals surface area contributed by atoms with E-state index < -0.39 is 0 Å².